The van der Waals surface area contributed by atoms with E-state index < -0.39 is 0 Å². The molecule has 1 aliphatic heterocycles. The molecular formula is C15H18FNO2. The van der Waals surface area contributed by atoms with E-state index in [1.807, 2.05) is 0 Å². The third kappa shape index (κ3) is 4.23. The fraction of sp³-hybridized carbons (Fsp3) is 0.467. The van der Waals surface area contributed by atoms with Crippen LogP contribution in [-0.4, -0.2) is 42.9 Å². The summed E-state index contributed by atoms with van der Waals surface area (Å²) in [5.41, 5.74) is 0.482. The minimum absolute atomic E-state index is 0.246. The third-order valence-electron chi connectivity index (χ3n) is 3.11. The van der Waals surface area contributed by atoms with Crippen LogP contribution in [0.1, 0.15) is 18.4 Å². The molecular weight excluding hydrogens is 245 g/mol. The van der Waals surface area contributed by atoms with Gasteiger partial charge in [0.2, 0.25) is 0 Å². The van der Waals surface area contributed by atoms with Gasteiger partial charge in [-0.2, -0.15) is 0 Å². The molecule has 1 fully saturated rings. The van der Waals surface area contributed by atoms with Crippen LogP contribution in [0, 0.1) is 17.7 Å². The Morgan fingerprint density at radius 3 is 2.84 bits per heavy atom. The molecule has 19 heavy (non-hydrogen) atoms. The highest BCUT2D eigenvalue weighted by Crippen LogP contribution is 2.19. The molecule has 102 valence electrons. The molecule has 1 aliphatic rings. The lowest BCUT2D eigenvalue weighted by Crippen LogP contribution is -2.25. The molecule has 2 rings (SSSR count). The van der Waals surface area contributed by atoms with E-state index in [4.69, 9.17) is 9.84 Å². The highest BCUT2D eigenvalue weighted by molar-refractivity contribution is 5.46. The van der Waals surface area contributed by atoms with E-state index in [2.05, 4.69) is 16.7 Å². The average molecular weight is 263 g/mol. The lowest BCUT2D eigenvalue weighted by Gasteiger charge is -2.15. The summed E-state index contributed by atoms with van der Waals surface area (Å²) in [6.07, 6.45) is 2.51. The fourth-order valence-corrected chi connectivity index (χ4v) is 2.15. The molecule has 0 amide bonds. The number of hydrogen-bond donors (Lipinski definition) is 1. The monoisotopic (exact) mass is 263 g/mol. The standard InChI is InChI=1S/C15H18FNO2/c16-14-5-6-15(13(12-14)4-3-10-18)19-11-9-17-7-1-2-8-17/h5-6,12,18H,1-2,7-11H2. The molecule has 0 atom stereocenters. The van der Waals surface area contributed by atoms with Crippen molar-refractivity contribution in [3.63, 3.8) is 0 Å². The van der Waals surface area contributed by atoms with Crippen LogP contribution in [0.15, 0.2) is 18.2 Å². The second kappa shape index (κ2) is 7.13. The number of benzene rings is 1. The van der Waals surface area contributed by atoms with Crippen molar-refractivity contribution >= 4 is 0 Å². The smallest absolute Gasteiger partial charge is 0.135 e. The van der Waals surface area contributed by atoms with Crippen molar-refractivity contribution in [2.24, 2.45) is 0 Å². The van der Waals surface area contributed by atoms with Crippen molar-refractivity contribution in [3.05, 3.63) is 29.6 Å². The van der Waals surface area contributed by atoms with Gasteiger partial charge >= 0.3 is 0 Å². The molecule has 1 heterocycles. The van der Waals surface area contributed by atoms with Crippen molar-refractivity contribution < 1.29 is 14.2 Å². The maximum atomic E-state index is 13.1. The molecule has 0 spiro atoms. The second-order valence-corrected chi connectivity index (χ2v) is 4.50. The second-order valence-electron chi connectivity index (χ2n) is 4.50. The Bertz CT molecular complexity index is 473. The van der Waals surface area contributed by atoms with E-state index in [0.29, 0.717) is 17.9 Å². The highest BCUT2D eigenvalue weighted by Gasteiger charge is 2.11. The van der Waals surface area contributed by atoms with Crippen LogP contribution in [-0.2, 0) is 0 Å². The van der Waals surface area contributed by atoms with Gasteiger partial charge in [0, 0.05) is 6.54 Å². The van der Waals surface area contributed by atoms with Crippen molar-refractivity contribution in [1.82, 2.24) is 4.90 Å². The SMILES string of the molecule is OCC#Cc1cc(F)ccc1OCCN1CCCC1. The molecule has 0 aromatic heterocycles. The van der Waals surface area contributed by atoms with E-state index in [9.17, 15) is 4.39 Å². The molecule has 4 heteroatoms. The molecule has 0 radical (unpaired) electrons. The van der Waals surface area contributed by atoms with Gasteiger partial charge in [-0.25, -0.2) is 4.39 Å². The lowest BCUT2D eigenvalue weighted by atomic mass is 10.2. The molecule has 1 N–H and O–H groups in total. The number of rotatable bonds is 4. The molecule has 1 saturated heterocycles. The van der Waals surface area contributed by atoms with Crippen molar-refractivity contribution in [2.75, 3.05) is 32.8 Å². The number of aliphatic hydroxyl groups excluding tert-OH is 1. The maximum absolute atomic E-state index is 13.1. The van der Waals surface area contributed by atoms with Crippen LogP contribution in [0.2, 0.25) is 0 Å². The largest absolute Gasteiger partial charge is 0.491 e. The number of halogens is 1. The van der Waals surface area contributed by atoms with Crippen LogP contribution in [0.5, 0.6) is 5.75 Å². The summed E-state index contributed by atoms with van der Waals surface area (Å²) in [6.45, 7) is 3.46. The van der Waals surface area contributed by atoms with E-state index >= 15 is 0 Å². The molecule has 0 aliphatic carbocycles. The minimum Gasteiger partial charge on any atom is -0.491 e. The Morgan fingerprint density at radius 2 is 2.11 bits per heavy atom. The summed E-state index contributed by atoms with van der Waals surface area (Å²) in [5, 5.41) is 8.69. The zero-order valence-electron chi connectivity index (χ0n) is 10.9. The number of hydrogen-bond acceptors (Lipinski definition) is 3. The van der Waals surface area contributed by atoms with Gasteiger partial charge in [-0.1, -0.05) is 11.8 Å². The molecule has 1 aromatic rings. The number of ether oxygens (including phenoxy) is 1. The van der Waals surface area contributed by atoms with Gasteiger partial charge in [0.25, 0.3) is 0 Å². The van der Waals surface area contributed by atoms with Gasteiger partial charge in [-0.05, 0) is 44.1 Å². The van der Waals surface area contributed by atoms with Crippen LogP contribution >= 0.6 is 0 Å². The summed E-state index contributed by atoms with van der Waals surface area (Å²) >= 11 is 0. The summed E-state index contributed by atoms with van der Waals surface area (Å²) in [7, 11) is 0. The van der Waals surface area contributed by atoms with Gasteiger partial charge in [-0.15, -0.1) is 0 Å². The summed E-state index contributed by atoms with van der Waals surface area (Å²) in [5.74, 6) is 5.43. The number of aliphatic hydroxyl groups is 1. The van der Waals surface area contributed by atoms with Crippen LogP contribution in [0.25, 0.3) is 0 Å². The Morgan fingerprint density at radius 1 is 1.32 bits per heavy atom. The van der Waals surface area contributed by atoms with Crippen LogP contribution in [0.4, 0.5) is 4.39 Å². The summed E-state index contributed by atoms with van der Waals surface area (Å²) in [4.78, 5) is 2.35. The summed E-state index contributed by atoms with van der Waals surface area (Å²) in [6, 6.07) is 4.27. The fourth-order valence-electron chi connectivity index (χ4n) is 2.15. The molecule has 0 unspecified atom stereocenters. The van der Waals surface area contributed by atoms with Gasteiger partial charge in [0.05, 0.1) is 5.56 Å². The third-order valence-corrected chi connectivity index (χ3v) is 3.11. The zero-order chi connectivity index (χ0) is 13.5. The predicted molar refractivity (Wildman–Crippen MR) is 71.5 cm³/mol. The van der Waals surface area contributed by atoms with Gasteiger partial charge < -0.3 is 9.84 Å². The maximum Gasteiger partial charge on any atom is 0.135 e. The van der Waals surface area contributed by atoms with Crippen molar-refractivity contribution in [1.29, 1.82) is 0 Å². The number of likely N-dealkylation sites (tertiary alicyclic amines) is 1. The van der Waals surface area contributed by atoms with Crippen LogP contribution < -0.4 is 4.74 Å². The quantitative estimate of drug-likeness (QED) is 0.838. The first kappa shape index (κ1) is 13.9. The van der Waals surface area contributed by atoms with Gasteiger partial charge in [0.1, 0.15) is 24.8 Å². The topological polar surface area (TPSA) is 32.7 Å². The predicted octanol–water partition coefficient (Wildman–Crippen LogP) is 1.64. The normalized spacial score (nSPS) is 15.1. The summed E-state index contributed by atoms with van der Waals surface area (Å²) < 4.78 is 18.8. The Balaban J connectivity index is 1.94. The first-order valence-corrected chi connectivity index (χ1v) is 6.54. The average Bonchev–Trinajstić information content (AvgIpc) is 2.91. The van der Waals surface area contributed by atoms with E-state index in [0.717, 1.165) is 19.6 Å². The Labute approximate surface area is 113 Å². The first-order chi connectivity index (χ1) is 9.29. The first-order valence-electron chi connectivity index (χ1n) is 6.54. The lowest BCUT2D eigenvalue weighted by molar-refractivity contribution is 0.237. The van der Waals surface area contributed by atoms with E-state index in [1.54, 1.807) is 6.07 Å². The van der Waals surface area contributed by atoms with Gasteiger partial charge in [-0.3, -0.25) is 4.90 Å². The molecule has 3 nitrogen and oxygen atoms in total. The molecule has 0 bridgehead atoms. The highest BCUT2D eigenvalue weighted by atomic mass is 19.1. The number of nitrogens with zero attached hydrogens (tertiary/aromatic N) is 1. The zero-order valence-corrected chi connectivity index (χ0v) is 10.9. The van der Waals surface area contributed by atoms with Crippen LogP contribution in [0.3, 0.4) is 0 Å². The minimum atomic E-state index is -0.353. The van der Waals surface area contributed by atoms with Crippen molar-refractivity contribution in [3.8, 4) is 17.6 Å². The van der Waals surface area contributed by atoms with Gasteiger partial charge in [0.15, 0.2) is 0 Å². The van der Waals surface area contributed by atoms with Crippen molar-refractivity contribution in [2.45, 2.75) is 12.8 Å². The molecule has 1 aromatic carbocycles. The Kier molecular flexibility index (Phi) is 5.20. The Hall–Kier alpha value is -1.57. The molecule has 0 saturated carbocycles. The van der Waals surface area contributed by atoms with E-state index in [1.165, 1.54) is 25.0 Å². The van der Waals surface area contributed by atoms with E-state index in [-0.39, 0.29) is 12.4 Å².